The van der Waals surface area contributed by atoms with Crippen molar-refractivity contribution in [2.75, 3.05) is 13.2 Å². The molecular formula is C13H16N2O. The summed E-state index contributed by atoms with van der Waals surface area (Å²) >= 11 is 0. The van der Waals surface area contributed by atoms with E-state index in [0.717, 1.165) is 22.2 Å². The van der Waals surface area contributed by atoms with Gasteiger partial charge in [-0.2, -0.15) is 0 Å². The van der Waals surface area contributed by atoms with Crippen LogP contribution in [-0.2, 0) is 0 Å². The van der Waals surface area contributed by atoms with Crippen molar-refractivity contribution in [2.24, 2.45) is 5.73 Å². The van der Waals surface area contributed by atoms with Gasteiger partial charge >= 0.3 is 0 Å². The molecule has 0 bridgehead atoms. The highest BCUT2D eigenvalue weighted by atomic mass is 16.3. The Morgan fingerprint density at radius 2 is 2.12 bits per heavy atom. The minimum absolute atomic E-state index is 0.0192. The van der Waals surface area contributed by atoms with Gasteiger partial charge in [-0.3, -0.25) is 4.98 Å². The predicted octanol–water partition coefficient (Wildman–Crippen LogP) is 1.58. The fourth-order valence-electron chi connectivity index (χ4n) is 1.82. The van der Waals surface area contributed by atoms with Gasteiger partial charge in [0, 0.05) is 23.5 Å². The topological polar surface area (TPSA) is 59.1 Å². The number of pyridine rings is 1. The number of aryl methyl sites for hydroxylation is 1. The summed E-state index contributed by atoms with van der Waals surface area (Å²) in [5.74, 6) is 0.0192. The average Bonchev–Trinajstić information content (AvgIpc) is 2.31. The van der Waals surface area contributed by atoms with Crippen molar-refractivity contribution in [1.82, 2.24) is 4.98 Å². The molecule has 0 aliphatic heterocycles. The minimum atomic E-state index is 0.0192. The summed E-state index contributed by atoms with van der Waals surface area (Å²) < 4.78 is 0. The van der Waals surface area contributed by atoms with Gasteiger partial charge in [0.25, 0.3) is 0 Å². The largest absolute Gasteiger partial charge is 0.396 e. The van der Waals surface area contributed by atoms with Crippen LogP contribution >= 0.6 is 0 Å². The highest BCUT2D eigenvalue weighted by Crippen LogP contribution is 2.20. The first kappa shape index (κ1) is 11.0. The third kappa shape index (κ3) is 2.05. The maximum Gasteiger partial charge on any atom is 0.0705 e. The Hall–Kier alpha value is -1.45. The molecule has 0 aliphatic carbocycles. The number of aliphatic hydroxyl groups is 1. The lowest BCUT2D eigenvalue weighted by Gasteiger charge is -2.12. The van der Waals surface area contributed by atoms with E-state index in [9.17, 15) is 5.11 Å². The molecule has 0 aliphatic rings. The Kier molecular flexibility index (Phi) is 3.17. The van der Waals surface area contributed by atoms with Crippen LogP contribution in [0.25, 0.3) is 10.9 Å². The molecule has 1 atom stereocenters. The molecule has 0 radical (unpaired) electrons. The lowest BCUT2D eigenvalue weighted by Crippen LogP contribution is -2.15. The van der Waals surface area contributed by atoms with Crippen LogP contribution in [0.15, 0.2) is 30.3 Å². The number of fused-ring (bicyclic) bond motifs is 1. The van der Waals surface area contributed by atoms with Crippen LogP contribution in [0.3, 0.4) is 0 Å². The molecule has 1 aromatic heterocycles. The molecule has 0 amide bonds. The van der Waals surface area contributed by atoms with Crippen molar-refractivity contribution >= 4 is 10.9 Å². The fraction of sp³-hybridized carbons (Fsp3) is 0.308. The number of aromatic nitrogens is 1. The molecule has 3 N–H and O–H groups in total. The molecule has 0 saturated heterocycles. The van der Waals surface area contributed by atoms with Gasteiger partial charge in [0.05, 0.1) is 12.1 Å². The summed E-state index contributed by atoms with van der Waals surface area (Å²) in [6.07, 6.45) is 0. The first-order chi connectivity index (χ1) is 7.74. The lowest BCUT2D eigenvalue weighted by atomic mass is 9.98. The van der Waals surface area contributed by atoms with Gasteiger partial charge < -0.3 is 10.8 Å². The summed E-state index contributed by atoms with van der Waals surface area (Å²) in [7, 11) is 0. The number of aliphatic hydroxyl groups excluding tert-OH is 1. The van der Waals surface area contributed by atoms with Crippen molar-refractivity contribution in [3.63, 3.8) is 0 Å². The molecule has 0 fully saturated rings. The van der Waals surface area contributed by atoms with E-state index >= 15 is 0 Å². The SMILES string of the molecule is Cc1ccc2cc(C(CN)CO)ccc2n1. The van der Waals surface area contributed by atoms with Crippen molar-refractivity contribution in [2.45, 2.75) is 12.8 Å². The number of nitrogens with zero attached hydrogens (tertiary/aromatic N) is 1. The van der Waals surface area contributed by atoms with Crippen LogP contribution in [0.2, 0.25) is 0 Å². The summed E-state index contributed by atoms with van der Waals surface area (Å²) in [4.78, 5) is 4.43. The first-order valence-corrected chi connectivity index (χ1v) is 5.43. The van der Waals surface area contributed by atoms with E-state index < -0.39 is 0 Å². The second-order valence-electron chi connectivity index (χ2n) is 4.02. The molecule has 2 rings (SSSR count). The van der Waals surface area contributed by atoms with Gasteiger partial charge in [0.2, 0.25) is 0 Å². The van der Waals surface area contributed by atoms with E-state index in [1.807, 2.05) is 31.2 Å². The zero-order valence-electron chi connectivity index (χ0n) is 9.35. The van der Waals surface area contributed by atoms with E-state index in [0.29, 0.717) is 6.54 Å². The minimum Gasteiger partial charge on any atom is -0.396 e. The Morgan fingerprint density at radius 1 is 1.31 bits per heavy atom. The number of benzene rings is 1. The second-order valence-corrected chi connectivity index (χ2v) is 4.02. The number of rotatable bonds is 3. The van der Waals surface area contributed by atoms with E-state index in [-0.39, 0.29) is 12.5 Å². The standard InChI is InChI=1S/C13H16N2O/c1-9-2-3-11-6-10(12(7-14)8-16)4-5-13(11)15-9/h2-6,12,16H,7-8,14H2,1H3. The second kappa shape index (κ2) is 4.60. The zero-order valence-corrected chi connectivity index (χ0v) is 9.35. The first-order valence-electron chi connectivity index (χ1n) is 5.43. The van der Waals surface area contributed by atoms with Gasteiger partial charge in [-0.1, -0.05) is 12.1 Å². The summed E-state index contributed by atoms with van der Waals surface area (Å²) in [6, 6.07) is 10.1. The van der Waals surface area contributed by atoms with Crippen LogP contribution in [0, 0.1) is 6.92 Å². The molecule has 84 valence electrons. The fourth-order valence-corrected chi connectivity index (χ4v) is 1.82. The quantitative estimate of drug-likeness (QED) is 0.819. The maximum atomic E-state index is 9.20. The van der Waals surface area contributed by atoms with Crippen molar-refractivity contribution in [1.29, 1.82) is 0 Å². The average molecular weight is 216 g/mol. The van der Waals surface area contributed by atoms with Crippen LogP contribution in [0.1, 0.15) is 17.2 Å². The van der Waals surface area contributed by atoms with Crippen molar-refractivity contribution < 1.29 is 5.11 Å². The van der Waals surface area contributed by atoms with E-state index in [2.05, 4.69) is 11.1 Å². The third-order valence-corrected chi connectivity index (χ3v) is 2.83. The summed E-state index contributed by atoms with van der Waals surface area (Å²) in [5.41, 5.74) is 8.68. The van der Waals surface area contributed by atoms with Gasteiger partial charge in [-0.25, -0.2) is 0 Å². The number of nitrogens with two attached hydrogens (primary N) is 1. The highest BCUT2D eigenvalue weighted by molar-refractivity contribution is 5.79. The molecule has 1 aromatic carbocycles. The van der Waals surface area contributed by atoms with Crippen LogP contribution in [-0.4, -0.2) is 23.2 Å². The predicted molar refractivity (Wildman–Crippen MR) is 65.4 cm³/mol. The molecule has 16 heavy (non-hydrogen) atoms. The molecule has 1 unspecified atom stereocenters. The molecule has 3 heteroatoms. The molecule has 2 aromatic rings. The Balaban J connectivity index is 2.47. The van der Waals surface area contributed by atoms with Gasteiger partial charge in [-0.05, 0) is 30.7 Å². The van der Waals surface area contributed by atoms with Crippen LogP contribution in [0.4, 0.5) is 0 Å². The van der Waals surface area contributed by atoms with E-state index in [1.165, 1.54) is 0 Å². The number of hydrogen-bond donors (Lipinski definition) is 2. The molecule has 0 spiro atoms. The molecule has 0 saturated carbocycles. The number of hydrogen-bond acceptors (Lipinski definition) is 3. The monoisotopic (exact) mass is 216 g/mol. The molecule has 3 nitrogen and oxygen atoms in total. The van der Waals surface area contributed by atoms with E-state index in [1.54, 1.807) is 0 Å². The van der Waals surface area contributed by atoms with E-state index in [4.69, 9.17) is 5.73 Å². The van der Waals surface area contributed by atoms with Gasteiger partial charge in [0.15, 0.2) is 0 Å². The maximum absolute atomic E-state index is 9.20. The van der Waals surface area contributed by atoms with Crippen molar-refractivity contribution in [3.8, 4) is 0 Å². The van der Waals surface area contributed by atoms with Crippen molar-refractivity contribution in [3.05, 3.63) is 41.6 Å². The highest BCUT2D eigenvalue weighted by Gasteiger charge is 2.08. The Bertz CT molecular complexity index is 492. The molecular weight excluding hydrogens is 200 g/mol. The smallest absolute Gasteiger partial charge is 0.0705 e. The zero-order chi connectivity index (χ0) is 11.5. The normalized spacial score (nSPS) is 12.9. The lowest BCUT2D eigenvalue weighted by molar-refractivity contribution is 0.268. The van der Waals surface area contributed by atoms with Gasteiger partial charge in [-0.15, -0.1) is 0 Å². The Labute approximate surface area is 94.9 Å². The third-order valence-electron chi connectivity index (χ3n) is 2.83. The summed E-state index contributed by atoms with van der Waals surface area (Å²) in [5, 5.41) is 10.3. The Morgan fingerprint density at radius 3 is 2.81 bits per heavy atom. The van der Waals surface area contributed by atoms with Crippen LogP contribution < -0.4 is 5.73 Å². The molecule has 1 heterocycles. The summed E-state index contributed by atoms with van der Waals surface area (Å²) in [6.45, 7) is 2.52. The van der Waals surface area contributed by atoms with Gasteiger partial charge in [0.1, 0.15) is 0 Å². The van der Waals surface area contributed by atoms with Crippen LogP contribution in [0.5, 0.6) is 0 Å².